The van der Waals surface area contributed by atoms with E-state index < -0.39 is 0 Å². The van der Waals surface area contributed by atoms with Crippen molar-refractivity contribution in [3.05, 3.63) is 35.9 Å². The summed E-state index contributed by atoms with van der Waals surface area (Å²) in [6, 6.07) is 10.0. The van der Waals surface area contributed by atoms with Crippen molar-refractivity contribution in [1.29, 1.82) is 0 Å². The third-order valence-electron chi connectivity index (χ3n) is 5.46. The lowest BCUT2D eigenvalue weighted by Crippen LogP contribution is -2.51. The second-order valence-corrected chi connectivity index (χ2v) is 6.82. The molecule has 1 aliphatic heterocycles. The van der Waals surface area contributed by atoms with Crippen molar-refractivity contribution in [1.82, 2.24) is 10.0 Å². The molecule has 4 rings (SSSR count). The van der Waals surface area contributed by atoms with E-state index in [0.29, 0.717) is 13.1 Å². The van der Waals surface area contributed by atoms with Gasteiger partial charge in [0.15, 0.2) is 0 Å². The van der Waals surface area contributed by atoms with Gasteiger partial charge in [-0.25, -0.2) is 0 Å². The molecule has 0 radical (unpaired) electrons. The molecule has 1 saturated heterocycles. The molecule has 0 aromatic heterocycles. The fourth-order valence-corrected chi connectivity index (χ4v) is 3.67. The van der Waals surface area contributed by atoms with Crippen LogP contribution >= 0.6 is 0 Å². The topological polar surface area (TPSA) is 40.6 Å². The minimum atomic E-state index is -0.371. The molecule has 116 valence electrons. The Morgan fingerprint density at radius 2 is 1.64 bits per heavy atom. The molecular weight excluding hydrogens is 276 g/mol. The Balaban J connectivity index is 1.55. The van der Waals surface area contributed by atoms with E-state index in [1.54, 1.807) is 10.0 Å². The normalized spacial score (nSPS) is 23.3. The summed E-state index contributed by atoms with van der Waals surface area (Å²) in [5, 5.41) is 3.50. The van der Waals surface area contributed by atoms with Gasteiger partial charge in [-0.15, -0.1) is 0 Å². The summed E-state index contributed by atoms with van der Waals surface area (Å²) in [6.45, 7) is 1.39. The average molecular weight is 298 g/mol. The van der Waals surface area contributed by atoms with E-state index in [-0.39, 0.29) is 23.1 Å². The molecule has 2 amide bonds. The zero-order valence-electron chi connectivity index (χ0n) is 12.8. The van der Waals surface area contributed by atoms with E-state index in [9.17, 15) is 9.59 Å². The Bertz CT molecular complexity index is 590. The van der Waals surface area contributed by atoms with Gasteiger partial charge in [0, 0.05) is 19.0 Å². The Morgan fingerprint density at radius 3 is 2.23 bits per heavy atom. The molecule has 0 atom stereocenters. The Morgan fingerprint density at radius 1 is 0.955 bits per heavy atom. The van der Waals surface area contributed by atoms with E-state index in [4.69, 9.17) is 0 Å². The highest BCUT2D eigenvalue weighted by molar-refractivity contribution is 5.93. The fraction of sp³-hybridized carbons (Fsp3) is 0.556. The second kappa shape index (κ2) is 5.11. The molecule has 22 heavy (non-hydrogen) atoms. The first kappa shape index (κ1) is 13.8. The van der Waals surface area contributed by atoms with Crippen molar-refractivity contribution in [2.75, 3.05) is 13.1 Å². The summed E-state index contributed by atoms with van der Waals surface area (Å²) >= 11 is 0. The van der Waals surface area contributed by atoms with Crippen molar-refractivity contribution >= 4 is 11.8 Å². The summed E-state index contributed by atoms with van der Waals surface area (Å²) in [4.78, 5) is 25.7. The van der Waals surface area contributed by atoms with Crippen molar-refractivity contribution < 1.29 is 9.59 Å². The van der Waals surface area contributed by atoms with Crippen molar-refractivity contribution in [3.8, 4) is 0 Å². The lowest BCUT2D eigenvalue weighted by Gasteiger charge is -2.35. The van der Waals surface area contributed by atoms with Crippen LogP contribution in [0, 0.1) is 5.92 Å². The molecule has 2 saturated carbocycles. The van der Waals surface area contributed by atoms with Crippen molar-refractivity contribution in [3.63, 3.8) is 0 Å². The number of hydrogen-bond donors (Lipinski definition) is 0. The van der Waals surface area contributed by atoms with E-state index in [2.05, 4.69) is 0 Å². The highest BCUT2D eigenvalue weighted by Crippen LogP contribution is 2.50. The zero-order chi connectivity index (χ0) is 15.2. The molecule has 1 aromatic carbocycles. The molecule has 3 fully saturated rings. The molecule has 0 bridgehead atoms. The first-order valence-corrected chi connectivity index (χ1v) is 8.41. The Kier molecular flexibility index (Phi) is 3.21. The van der Waals surface area contributed by atoms with Crippen molar-refractivity contribution in [2.24, 2.45) is 5.92 Å². The maximum absolute atomic E-state index is 13.1. The van der Waals surface area contributed by atoms with Crippen LogP contribution < -0.4 is 0 Å². The van der Waals surface area contributed by atoms with E-state index >= 15 is 0 Å². The second-order valence-electron chi connectivity index (χ2n) is 6.82. The van der Waals surface area contributed by atoms with Crippen LogP contribution in [-0.4, -0.2) is 34.9 Å². The molecule has 1 heterocycles. The van der Waals surface area contributed by atoms with Crippen LogP contribution in [0.2, 0.25) is 0 Å². The molecule has 4 nitrogen and oxygen atoms in total. The van der Waals surface area contributed by atoms with Gasteiger partial charge in [0.1, 0.15) is 0 Å². The molecule has 1 aromatic rings. The minimum Gasteiger partial charge on any atom is -0.273 e. The number of carbonyl (C=O) groups excluding carboxylic acids is 2. The first-order chi connectivity index (χ1) is 10.7. The predicted octanol–water partition coefficient (Wildman–Crippen LogP) is 2.49. The van der Waals surface area contributed by atoms with Gasteiger partial charge >= 0.3 is 0 Å². The van der Waals surface area contributed by atoms with Gasteiger partial charge < -0.3 is 0 Å². The summed E-state index contributed by atoms with van der Waals surface area (Å²) in [5.74, 6) is 0.449. The molecule has 3 aliphatic rings. The monoisotopic (exact) mass is 298 g/mol. The van der Waals surface area contributed by atoms with Gasteiger partial charge in [-0.1, -0.05) is 36.8 Å². The number of benzene rings is 1. The Hall–Kier alpha value is -1.84. The number of amides is 2. The highest BCUT2D eigenvalue weighted by atomic mass is 16.2. The van der Waals surface area contributed by atoms with Crippen LogP contribution in [0.4, 0.5) is 0 Å². The zero-order valence-corrected chi connectivity index (χ0v) is 12.8. The van der Waals surface area contributed by atoms with Crippen LogP contribution in [0.5, 0.6) is 0 Å². The predicted molar refractivity (Wildman–Crippen MR) is 82.7 cm³/mol. The molecule has 0 N–H and O–H groups in total. The lowest BCUT2D eigenvalue weighted by atomic mass is 9.84. The molecule has 0 unspecified atom stereocenters. The van der Waals surface area contributed by atoms with Gasteiger partial charge in [-0.3, -0.25) is 19.6 Å². The molecule has 4 heteroatoms. The van der Waals surface area contributed by atoms with Crippen LogP contribution in [0.1, 0.15) is 44.1 Å². The summed E-state index contributed by atoms with van der Waals surface area (Å²) < 4.78 is 0. The van der Waals surface area contributed by atoms with Gasteiger partial charge in [-0.05, 0) is 37.7 Å². The minimum absolute atomic E-state index is 0.129. The summed E-state index contributed by atoms with van der Waals surface area (Å²) in [7, 11) is 0. The largest absolute Gasteiger partial charge is 0.273 e. The van der Waals surface area contributed by atoms with E-state index in [1.807, 2.05) is 30.3 Å². The quantitative estimate of drug-likeness (QED) is 0.860. The van der Waals surface area contributed by atoms with E-state index in [0.717, 1.165) is 44.1 Å². The smallest absolute Gasteiger partial charge is 0.251 e. The maximum Gasteiger partial charge on any atom is 0.251 e. The van der Waals surface area contributed by atoms with Crippen LogP contribution in [0.3, 0.4) is 0 Å². The summed E-state index contributed by atoms with van der Waals surface area (Å²) in [6.07, 6.45) is 5.82. The van der Waals surface area contributed by atoms with E-state index in [1.165, 1.54) is 0 Å². The number of hydrazine groups is 1. The van der Waals surface area contributed by atoms with Gasteiger partial charge in [0.2, 0.25) is 5.91 Å². The van der Waals surface area contributed by atoms with Gasteiger partial charge in [-0.2, -0.15) is 0 Å². The molecule has 0 spiro atoms. The highest BCUT2D eigenvalue weighted by Gasteiger charge is 2.55. The third-order valence-corrected chi connectivity index (χ3v) is 5.46. The van der Waals surface area contributed by atoms with Crippen molar-refractivity contribution in [2.45, 2.75) is 43.9 Å². The molecular formula is C18H22N2O2. The standard InChI is InChI=1S/C18H22N2O2/c21-16(14-6-4-7-14)19-12-5-13-20(19)17(22)18(10-11-18)15-8-2-1-3-9-15/h1-3,8-9,14H,4-7,10-13H2. The molecule has 2 aliphatic carbocycles. The van der Waals surface area contributed by atoms with Gasteiger partial charge in [0.25, 0.3) is 5.91 Å². The van der Waals surface area contributed by atoms with Crippen LogP contribution in [0.15, 0.2) is 30.3 Å². The fourth-order valence-electron chi connectivity index (χ4n) is 3.67. The third kappa shape index (κ3) is 2.04. The maximum atomic E-state index is 13.1. The first-order valence-electron chi connectivity index (χ1n) is 8.41. The van der Waals surface area contributed by atoms with Crippen LogP contribution in [0.25, 0.3) is 0 Å². The summed E-state index contributed by atoms with van der Waals surface area (Å²) in [5.41, 5.74) is 0.729. The Labute approximate surface area is 131 Å². The number of rotatable bonds is 3. The SMILES string of the molecule is O=C(C1CCC1)N1CCCN1C(=O)C1(c2ccccc2)CC1. The number of carbonyl (C=O) groups is 2. The average Bonchev–Trinajstić information content (AvgIpc) is 3.16. The lowest BCUT2D eigenvalue weighted by molar-refractivity contribution is -0.163. The van der Waals surface area contributed by atoms with Gasteiger partial charge in [0.05, 0.1) is 5.41 Å². The number of hydrogen-bond acceptors (Lipinski definition) is 2. The number of nitrogens with zero attached hydrogens (tertiary/aromatic N) is 2. The van der Waals surface area contributed by atoms with Crippen LogP contribution in [-0.2, 0) is 15.0 Å².